The fourth-order valence-corrected chi connectivity index (χ4v) is 2.75. The highest BCUT2D eigenvalue weighted by atomic mass is 16.5. The molecular weight excluding hydrogens is 318 g/mol. The van der Waals surface area contributed by atoms with Gasteiger partial charge in [-0.2, -0.15) is 0 Å². The quantitative estimate of drug-likeness (QED) is 0.842. The normalized spacial score (nSPS) is 15.3. The van der Waals surface area contributed by atoms with Crippen LogP contribution in [0.1, 0.15) is 43.2 Å². The number of ether oxygens (including phenoxy) is 1. The number of nitrogens with zero attached hydrogens (tertiary/aromatic N) is 3. The van der Waals surface area contributed by atoms with Gasteiger partial charge in [0.2, 0.25) is 0 Å². The SMILES string of the molecule is CC(C)COc1cccc(NC(=O)c2cn(C3CCNCC3)nn2)c1. The van der Waals surface area contributed by atoms with Crippen molar-refractivity contribution in [3.8, 4) is 5.75 Å². The molecule has 1 aromatic carbocycles. The molecule has 0 bridgehead atoms. The summed E-state index contributed by atoms with van der Waals surface area (Å²) in [5.41, 5.74) is 1.01. The predicted octanol–water partition coefficient (Wildman–Crippen LogP) is 2.49. The first kappa shape index (κ1) is 17.4. The van der Waals surface area contributed by atoms with Gasteiger partial charge in [-0.25, -0.2) is 4.68 Å². The molecule has 3 rings (SSSR count). The van der Waals surface area contributed by atoms with Gasteiger partial charge in [-0.3, -0.25) is 4.79 Å². The fourth-order valence-electron chi connectivity index (χ4n) is 2.75. The fraction of sp³-hybridized carbons (Fsp3) is 0.500. The summed E-state index contributed by atoms with van der Waals surface area (Å²) in [6.45, 7) is 6.76. The molecule has 0 radical (unpaired) electrons. The summed E-state index contributed by atoms with van der Waals surface area (Å²) in [4.78, 5) is 12.4. The smallest absolute Gasteiger partial charge is 0.277 e. The van der Waals surface area contributed by atoms with Gasteiger partial charge in [0, 0.05) is 11.8 Å². The Morgan fingerprint density at radius 1 is 1.40 bits per heavy atom. The number of carbonyl (C=O) groups excluding carboxylic acids is 1. The molecule has 2 heterocycles. The summed E-state index contributed by atoms with van der Waals surface area (Å²) in [6, 6.07) is 7.69. The number of anilines is 1. The van der Waals surface area contributed by atoms with E-state index in [1.807, 2.05) is 24.3 Å². The van der Waals surface area contributed by atoms with Crippen LogP contribution in [0.4, 0.5) is 5.69 Å². The zero-order chi connectivity index (χ0) is 17.6. The number of rotatable bonds is 6. The van der Waals surface area contributed by atoms with Crippen molar-refractivity contribution < 1.29 is 9.53 Å². The molecule has 7 heteroatoms. The van der Waals surface area contributed by atoms with Crippen LogP contribution < -0.4 is 15.4 Å². The van der Waals surface area contributed by atoms with Crippen LogP contribution in [0, 0.1) is 5.92 Å². The molecule has 1 amide bonds. The lowest BCUT2D eigenvalue weighted by molar-refractivity contribution is 0.102. The zero-order valence-electron chi connectivity index (χ0n) is 14.7. The minimum atomic E-state index is -0.263. The third kappa shape index (κ3) is 4.79. The van der Waals surface area contributed by atoms with Gasteiger partial charge < -0.3 is 15.4 Å². The van der Waals surface area contributed by atoms with E-state index in [2.05, 4.69) is 34.8 Å². The molecule has 1 aliphatic heterocycles. The monoisotopic (exact) mass is 343 g/mol. The summed E-state index contributed by atoms with van der Waals surface area (Å²) in [5, 5.41) is 14.3. The second-order valence-electron chi connectivity index (χ2n) is 6.75. The van der Waals surface area contributed by atoms with Crippen LogP contribution >= 0.6 is 0 Å². The number of piperidine rings is 1. The second-order valence-corrected chi connectivity index (χ2v) is 6.75. The van der Waals surface area contributed by atoms with Crippen molar-refractivity contribution in [2.45, 2.75) is 32.7 Å². The topological polar surface area (TPSA) is 81.1 Å². The molecule has 2 aromatic rings. The van der Waals surface area contributed by atoms with Crippen LogP contribution in [0.25, 0.3) is 0 Å². The predicted molar refractivity (Wildman–Crippen MR) is 95.9 cm³/mol. The molecule has 25 heavy (non-hydrogen) atoms. The van der Waals surface area contributed by atoms with Crippen molar-refractivity contribution in [2.75, 3.05) is 25.0 Å². The van der Waals surface area contributed by atoms with Crippen LogP contribution in [0.3, 0.4) is 0 Å². The molecule has 2 N–H and O–H groups in total. The Kier molecular flexibility index (Phi) is 5.65. The average molecular weight is 343 g/mol. The zero-order valence-corrected chi connectivity index (χ0v) is 14.7. The van der Waals surface area contributed by atoms with E-state index in [9.17, 15) is 4.79 Å². The highest BCUT2D eigenvalue weighted by Gasteiger charge is 2.18. The standard InChI is InChI=1S/C18H25N5O2/c1-13(2)12-25-16-5-3-4-14(10-16)20-18(24)17-11-23(22-21-17)15-6-8-19-9-7-15/h3-5,10-11,13,15,19H,6-9,12H2,1-2H3,(H,20,24). The van der Waals surface area contributed by atoms with Gasteiger partial charge in [0.15, 0.2) is 5.69 Å². The lowest BCUT2D eigenvalue weighted by Gasteiger charge is -2.22. The van der Waals surface area contributed by atoms with E-state index >= 15 is 0 Å². The van der Waals surface area contributed by atoms with Gasteiger partial charge in [-0.15, -0.1) is 5.10 Å². The minimum Gasteiger partial charge on any atom is -0.493 e. The minimum absolute atomic E-state index is 0.263. The van der Waals surface area contributed by atoms with Crippen molar-refractivity contribution in [1.82, 2.24) is 20.3 Å². The van der Waals surface area contributed by atoms with Crippen LogP contribution in [0.5, 0.6) is 5.75 Å². The van der Waals surface area contributed by atoms with Gasteiger partial charge in [0.25, 0.3) is 5.91 Å². The first-order valence-corrected chi connectivity index (χ1v) is 8.78. The lowest BCUT2D eigenvalue weighted by atomic mass is 10.1. The van der Waals surface area contributed by atoms with Gasteiger partial charge >= 0.3 is 0 Å². The Bertz CT molecular complexity index is 707. The Balaban J connectivity index is 1.62. The first-order valence-electron chi connectivity index (χ1n) is 8.78. The average Bonchev–Trinajstić information content (AvgIpc) is 3.11. The van der Waals surface area contributed by atoms with Gasteiger partial charge in [-0.1, -0.05) is 25.1 Å². The molecule has 0 unspecified atom stereocenters. The summed E-state index contributed by atoms with van der Waals surface area (Å²) in [6.07, 6.45) is 3.73. The summed E-state index contributed by atoms with van der Waals surface area (Å²) >= 11 is 0. The third-order valence-corrected chi connectivity index (χ3v) is 4.10. The van der Waals surface area contributed by atoms with Gasteiger partial charge in [0.1, 0.15) is 5.75 Å². The summed E-state index contributed by atoms with van der Waals surface area (Å²) < 4.78 is 7.49. The van der Waals surface area contributed by atoms with E-state index in [1.165, 1.54) is 0 Å². The molecule has 0 spiro atoms. The Hall–Kier alpha value is -2.41. The largest absolute Gasteiger partial charge is 0.493 e. The van der Waals surface area contributed by atoms with Crippen molar-refractivity contribution in [3.05, 3.63) is 36.2 Å². The highest BCUT2D eigenvalue weighted by Crippen LogP contribution is 2.20. The van der Waals surface area contributed by atoms with Crippen LogP contribution in [-0.4, -0.2) is 40.6 Å². The number of nitrogens with one attached hydrogen (secondary N) is 2. The third-order valence-electron chi connectivity index (χ3n) is 4.10. The highest BCUT2D eigenvalue weighted by molar-refractivity contribution is 6.02. The summed E-state index contributed by atoms with van der Waals surface area (Å²) in [7, 11) is 0. The van der Waals surface area contributed by atoms with E-state index < -0.39 is 0 Å². The number of amides is 1. The molecule has 1 aromatic heterocycles. The van der Waals surface area contributed by atoms with Gasteiger partial charge in [-0.05, 0) is 44.0 Å². The van der Waals surface area contributed by atoms with E-state index in [0.29, 0.717) is 29.9 Å². The molecule has 1 fully saturated rings. The Labute approximate surface area is 147 Å². The maximum absolute atomic E-state index is 12.4. The van der Waals surface area contributed by atoms with E-state index in [4.69, 9.17) is 4.74 Å². The summed E-state index contributed by atoms with van der Waals surface area (Å²) in [5.74, 6) is 0.925. The molecular formula is C18H25N5O2. The van der Waals surface area contributed by atoms with Crippen LogP contribution in [0.2, 0.25) is 0 Å². The molecule has 7 nitrogen and oxygen atoms in total. The molecule has 0 saturated carbocycles. The Morgan fingerprint density at radius 3 is 2.96 bits per heavy atom. The number of aromatic nitrogens is 3. The van der Waals surface area contributed by atoms with E-state index in [-0.39, 0.29) is 5.91 Å². The molecule has 134 valence electrons. The van der Waals surface area contributed by atoms with E-state index in [1.54, 1.807) is 10.9 Å². The number of carbonyl (C=O) groups is 1. The first-order chi connectivity index (χ1) is 12.1. The van der Waals surface area contributed by atoms with Crippen LogP contribution in [0.15, 0.2) is 30.5 Å². The molecule has 1 saturated heterocycles. The number of benzene rings is 1. The second kappa shape index (κ2) is 8.11. The molecule has 1 aliphatic rings. The van der Waals surface area contributed by atoms with Crippen molar-refractivity contribution >= 4 is 11.6 Å². The van der Waals surface area contributed by atoms with Crippen molar-refractivity contribution in [3.63, 3.8) is 0 Å². The Morgan fingerprint density at radius 2 is 2.20 bits per heavy atom. The van der Waals surface area contributed by atoms with E-state index in [0.717, 1.165) is 31.7 Å². The van der Waals surface area contributed by atoms with Gasteiger partial charge in [0.05, 0.1) is 18.8 Å². The molecule has 0 atom stereocenters. The number of hydrogen-bond donors (Lipinski definition) is 2. The van der Waals surface area contributed by atoms with Crippen LogP contribution in [-0.2, 0) is 0 Å². The van der Waals surface area contributed by atoms with Crippen molar-refractivity contribution in [2.24, 2.45) is 5.92 Å². The maximum atomic E-state index is 12.4. The number of hydrogen-bond acceptors (Lipinski definition) is 5. The lowest BCUT2D eigenvalue weighted by Crippen LogP contribution is -2.29. The molecule has 0 aliphatic carbocycles. The van der Waals surface area contributed by atoms with Crippen molar-refractivity contribution in [1.29, 1.82) is 0 Å². The maximum Gasteiger partial charge on any atom is 0.277 e.